The second kappa shape index (κ2) is 5.96. The SMILES string of the molecule is C=C(Br)CC(CS)c1ccc(C(F)(F)F)cc1. The number of allylic oxidation sites excluding steroid dienone is 1. The zero-order valence-electron chi connectivity index (χ0n) is 8.97. The molecule has 5 heteroatoms. The summed E-state index contributed by atoms with van der Waals surface area (Å²) in [7, 11) is 0. The van der Waals surface area contributed by atoms with E-state index in [9.17, 15) is 13.2 Å². The maximum atomic E-state index is 12.4. The maximum absolute atomic E-state index is 12.4. The summed E-state index contributed by atoms with van der Waals surface area (Å²) in [6.45, 7) is 3.73. The Morgan fingerprint density at radius 3 is 2.18 bits per heavy atom. The summed E-state index contributed by atoms with van der Waals surface area (Å²) in [5.74, 6) is 0.642. The number of rotatable bonds is 4. The molecule has 0 aliphatic rings. The van der Waals surface area contributed by atoms with Crippen molar-refractivity contribution in [2.24, 2.45) is 0 Å². The molecule has 1 unspecified atom stereocenters. The van der Waals surface area contributed by atoms with Crippen molar-refractivity contribution in [2.45, 2.75) is 18.5 Å². The Bertz CT molecular complexity index is 384. The van der Waals surface area contributed by atoms with E-state index in [1.54, 1.807) is 0 Å². The number of halogens is 4. The molecule has 1 rings (SSSR count). The molecule has 0 nitrogen and oxygen atoms in total. The van der Waals surface area contributed by atoms with E-state index in [-0.39, 0.29) is 5.92 Å². The van der Waals surface area contributed by atoms with Crippen molar-refractivity contribution in [1.82, 2.24) is 0 Å². The summed E-state index contributed by atoms with van der Waals surface area (Å²) < 4.78 is 37.9. The first-order chi connectivity index (χ1) is 7.84. The quantitative estimate of drug-likeness (QED) is 0.739. The molecule has 1 aromatic carbocycles. The van der Waals surface area contributed by atoms with Crippen molar-refractivity contribution in [2.75, 3.05) is 5.75 Å². The van der Waals surface area contributed by atoms with Crippen LogP contribution in [0, 0.1) is 0 Å². The van der Waals surface area contributed by atoms with Crippen molar-refractivity contribution >= 4 is 28.6 Å². The van der Waals surface area contributed by atoms with Crippen LogP contribution in [-0.2, 0) is 6.18 Å². The third-order valence-electron chi connectivity index (χ3n) is 2.40. The highest BCUT2D eigenvalue weighted by Crippen LogP contribution is 2.32. The summed E-state index contributed by atoms with van der Waals surface area (Å²) in [4.78, 5) is 0. The first-order valence-corrected chi connectivity index (χ1v) is 6.38. The second-order valence-electron chi connectivity index (χ2n) is 3.72. The Morgan fingerprint density at radius 2 is 1.82 bits per heavy atom. The minimum absolute atomic E-state index is 0.0764. The van der Waals surface area contributed by atoms with Gasteiger partial charge in [-0.05, 0) is 40.3 Å². The van der Waals surface area contributed by atoms with Crippen LogP contribution in [0.4, 0.5) is 13.2 Å². The molecule has 0 N–H and O–H groups in total. The summed E-state index contributed by atoms with van der Waals surface area (Å²) in [6, 6.07) is 5.20. The molecule has 0 aliphatic heterocycles. The van der Waals surface area contributed by atoms with Gasteiger partial charge in [0.25, 0.3) is 0 Å². The van der Waals surface area contributed by atoms with E-state index in [0.29, 0.717) is 12.2 Å². The van der Waals surface area contributed by atoms with Gasteiger partial charge in [0.05, 0.1) is 5.56 Å². The first-order valence-electron chi connectivity index (χ1n) is 4.96. The highest BCUT2D eigenvalue weighted by atomic mass is 79.9. The molecule has 0 aromatic heterocycles. The fourth-order valence-corrected chi connectivity index (χ4v) is 2.23. The fraction of sp³-hybridized carbons (Fsp3) is 0.333. The van der Waals surface area contributed by atoms with Gasteiger partial charge in [-0.3, -0.25) is 0 Å². The maximum Gasteiger partial charge on any atom is 0.416 e. The van der Waals surface area contributed by atoms with Crippen LogP contribution in [0.3, 0.4) is 0 Å². The van der Waals surface area contributed by atoms with Crippen molar-refractivity contribution in [3.63, 3.8) is 0 Å². The third-order valence-corrected chi connectivity index (χ3v) is 3.16. The van der Waals surface area contributed by atoms with E-state index in [1.165, 1.54) is 12.1 Å². The minimum atomic E-state index is -4.28. The first kappa shape index (κ1) is 14.6. The average molecular weight is 325 g/mol. The van der Waals surface area contributed by atoms with Crippen LogP contribution >= 0.6 is 28.6 Å². The molecule has 0 aliphatic carbocycles. The highest BCUT2D eigenvalue weighted by Gasteiger charge is 2.30. The summed E-state index contributed by atoms with van der Waals surface area (Å²) in [5, 5.41) is 0. The molecule has 0 radical (unpaired) electrons. The lowest BCUT2D eigenvalue weighted by atomic mass is 9.96. The van der Waals surface area contributed by atoms with Crippen LogP contribution in [0.2, 0.25) is 0 Å². The highest BCUT2D eigenvalue weighted by molar-refractivity contribution is 9.11. The Morgan fingerprint density at radius 1 is 1.29 bits per heavy atom. The van der Waals surface area contributed by atoms with Gasteiger partial charge in [-0.15, -0.1) is 0 Å². The topological polar surface area (TPSA) is 0 Å². The largest absolute Gasteiger partial charge is 0.416 e. The zero-order valence-corrected chi connectivity index (χ0v) is 11.4. The van der Waals surface area contributed by atoms with E-state index < -0.39 is 11.7 Å². The van der Waals surface area contributed by atoms with Crippen LogP contribution in [0.15, 0.2) is 35.3 Å². The van der Waals surface area contributed by atoms with Crippen LogP contribution < -0.4 is 0 Å². The lowest BCUT2D eigenvalue weighted by molar-refractivity contribution is -0.137. The molecule has 17 heavy (non-hydrogen) atoms. The van der Waals surface area contributed by atoms with Crippen molar-refractivity contribution in [3.05, 3.63) is 46.5 Å². The second-order valence-corrected chi connectivity index (χ2v) is 5.21. The summed E-state index contributed by atoms with van der Waals surface area (Å²) in [6.07, 6.45) is -3.62. The molecule has 0 saturated carbocycles. The van der Waals surface area contributed by atoms with Crippen molar-refractivity contribution < 1.29 is 13.2 Å². The molecule has 0 heterocycles. The standard InChI is InChI=1S/C12H12BrF3S/c1-8(13)6-10(7-17)9-2-4-11(5-3-9)12(14,15)16/h2-5,10,17H,1,6-7H2. The molecule has 0 spiro atoms. The van der Waals surface area contributed by atoms with E-state index in [2.05, 4.69) is 35.1 Å². The predicted octanol–water partition coefficient (Wildman–Crippen LogP) is 5.02. The predicted molar refractivity (Wildman–Crippen MR) is 70.7 cm³/mol. The van der Waals surface area contributed by atoms with Crippen LogP contribution in [0.5, 0.6) is 0 Å². The van der Waals surface area contributed by atoms with Crippen molar-refractivity contribution in [3.8, 4) is 0 Å². The van der Waals surface area contributed by atoms with E-state index in [0.717, 1.165) is 22.2 Å². The summed E-state index contributed by atoms with van der Waals surface area (Å²) >= 11 is 7.45. The normalized spacial score (nSPS) is 13.5. The van der Waals surface area contributed by atoms with Gasteiger partial charge >= 0.3 is 6.18 Å². The molecule has 0 amide bonds. The van der Waals surface area contributed by atoms with Gasteiger partial charge < -0.3 is 0 Å². The number of alkyl halides is 3. The number of hydrogen-bond donors (Lipinski definition) is 1. The lowest BCUT2D eigenvalue weighted by Crippen LogP contribution is -2.06. The summed E-state index contributed by atoms with van der Waals surface area (Å²) in [5.41, 5.74) is 0.213. The van der Waals surface area contributed by atoms with Crippen LogP contribution in [0.25, 0.3) is 0 Å². The lowest BCUT2D eigenvalue weighted by Gasteiger charge is -2.15. The minimum Gasteiger partial charge on any atom is -0.179 e. The van der Waals surface area contributed by atoms with Crippen LogP contribution in [-0.4, -0.2) is 5.75 Å². The number of benzene rings is 1. The van der Waals surface area contributed by atoms with E-state index in [4.69, 9.17) is 0 Å². The van der Waals surface area contributed by atoms with Gasteiger partial charge in [0, 0.05) is 0 Å². The Kier molecular flexibility index (Phi) is 5.13. The molecule has 94 valence electrons. The Balaban J connectivity index is 2.89. The molecule has 0 saturated heterocycles. The monoisotopic (exact) mass is 324 g/mol. The van der Waals surface area contributed by atoms with Gasteiger partial charge in [-0.2, -0.15) is 25.8 Å². The third kappa shape index (κ3) is 4.39. The van der Waals surface area contributed by atoms with Gasteiger partial charge in [-0.1, -0.05) is 34.6 Å². The fourth-order valence-electron chi connectivity index (χ4n) is 1.50. The zero-order chi connectivity index (χ0) is 13.1. The van der Waals surface area contributed by atoms with Crippen LogP contribution in [0.1, 0.15) is 23.5 Å². The Hall–Kier alpha value is -0.420. The Labute approximate surface area is 112 Å². The number of thiol groups is 1. The van der Waals surface area contributed by atoms with Crippen molar-refractivity contribution in [1.29, 1.82) is 0 Å². The molecular formula is C12H12BrF3S. The molecular weight excluding hydrogens is 313 g/mol. The van der Waals surface area contributed by atoms with Gasteiger partial charge in [-0.25, -0.2) is 0 Å². The molecule has 1 aromatic rings. The van der Waals surface area contributed by atoms with E-state index >= 15 is 0 Å². The molecule has 0 bridgehead atoms. The molecule has 0 fully saturated rings. The molecule has 1 atom stereocenters. The van der Waals surface area contributed by atoms with Gasteiger partial charge in [0.2, 0.25) is 0 Å². The van der Waals surface area contributed by atoms with E-state index in [1.807, 2.05) is 0 Å². The number of hydrogen-bond acceptors (Lipinski definition) is 1. The van der Waals surface area contributed by atoms with Gasteiger partial charge in [0.1, 0.15) is 0 Å². The van der Waals surface area contributed by atoms with Gasteiger partial charge in [0.15, 0.2) is 0 Å². The average Bonchev–Trinajstić information content (AvgIpc) is 2.24. The smallest absolute Gasteiger partial charge is 0.179 e.